The third kappa shape index (κ3) is 1.73. The summed E-state index contributed by atoms with van der Waals surface area (Å²) in [5.74, 6) is 0.722. The fraction of sp³-hybridized carbons (Fsp3) is 0.143. The smallest absolute Gasteiger partial charge is 0.356 e. The highest BCUT2D eigenvalue weighted by atomic mass is 16.5. The van der Waals surface area contributed by atoms with Crippen LogP contribution in [0.1, 0.15) is 10.5 Å². The Morgan fingerprint density at radius 3 is 2.80 bits per heavy atom. The average Bonchev–Trinajstić information content (AvgIpc) is 3.14. The van der Waals surface area contributed by atoms with Gasteiger partial charge in [-0.3, -0.25) is 5.10 Å². The van der Waals surface area contributed by atoms with E-state index in [4.69, 9.17) is 13.9 Å². The second-order valence-electron chi connectivity index (χ2n) is 4.11. The fourth-order valence-corrected chi connectivity index (χ4v) is 2.16. The minimum Gasteiger partial charge on any atom is -0.494 e. The van der Waals surface area contributed by atoms with E-state index >= 15 is 0 Å². The van der Waals surface area contributed by atoms with Gasteiger partial charge in [0, 0.05) is 10.9 Å². The Hall–Kier alpha value is -2.76. The maximum absolute atomic E-state index is 11.8. The highest BCUT2D eigenvalue weighted by Crippen LogP contribution is 2.35. The second kappa shape index (κ2) is 4.73. The Kier molecular flexibility index (Phi) is 2.90. The summed E-state index contributed by atoms with van der Waals surface area (Å²) in [6.45, 7) is 0. The van der Waals surface area contributed by atoms with Gasteiger partial charge in [0.05, 0.1) is 20.5 Å². The van der Waals surface area contributed by atoms with Crippen LogP contribution < -0.4 is 4.74 Å². The number of esters is 1. The molecule has 3 aromatic rings. The first-order chi connectivity index (χ1) is 9.76. The number of benzene rings is 1. The largest absolute Gasteiger partial charge is 0.494 e. The first-order valence-electron chi connectivity index (χ1n) is 5.93. The monoisotopic (exact) mass is 272 g/mol. The summed E-state index contributed by atoms with van der Waals surface area (Å²) in [7, 11) is 2.87. The maximum Gasteiger partial charge on any atom is 0.356 e. The van der Waals surface area contributed by atoms with Crippen LogP contribution in [0, 0.1) is 0 Å². The van der Waals surface area contributed by atoms with E-state index in [0.717, 1.165) is 5.56 Å². The normalized spacial score (nSPS) is 10.7. The minimum atomic E-state index is -0.492. The molecule has 0 aliphatic heterocycles. The van der Waals surface area contributed by atoms with Crippen LogP contribution in [-0.2, 0) is 4.74 Å². The zero-order valence-electron chi connectivity index (χ0n) is 11.0. The SMILES string of the molecule is COC(=O)c1[nH]nc2c(OC)ccc(-c3ccco3)c12. The summed E-state index contributed by atoms with van der Waals surface area (Å²) < 4.78 is 15.4. The number of hydrogen-bond donors (Lipinski definition) is 1. The third-order valence-electron chi connectivity index (χ3n) is 3.07. The number of fused-ring (bicyclic) bond motifs is 1. The van der Waals surface area contributed by atoms with Gasteiger partial charge in [-0.2, -0.15) is 5.10 Å². The number of carbonyl (C=O) groups excluding carboxylic acids is 1. The molecule has 2 heterocycles. The van der Waals surface area contributed by atoms with E-state index in [0.29, 0.717) is 22.4 Å². The molecular weight excluding hydrogens is 260 g/mol. The molecule has 0 aliphatic rings. The van der Waals surface area contributed by atoms with E-state index in [2.05, 4.69) is 10.2 Å². The first-order valence-corrected chi connectivity index (χ1v) is 5.93. The first kappa shape index (κ1) is 12.3. The number of furan rings is 1. The van der Waals surface area contributed by atoms with Crippen molar-refractivity contribution in [2.75, 3.05) is 14.2 Å². The molecule has 0 amide bonds. The van der Waals surface area contributed by atoms with E-state index in [-0.39, 0.29) is 5.69 Å². The van der Waals surface area contributed by atoms with E-state index < -0.39 is 5.97 Å². The van der Waals surface area contributed by atoms with Crippen LogP contribution in [0.15, 0.2) is 34.9 Å². The summed E-state index contributed by atoms with van der Waals surface area (Å²) in [6.07, 6.45) is 1.57. The molecule has 0 saturated heterocycles. The summed E-state index contributed by atoms with van der Waals surface area (Å²) >= 11 is 0. The molecule has 0 radical (unpaired) electrons. The molecule has 0 saturated carbocycles. The Labute approximate surface area is 114 Å². The Morgan fingerprint density at radius 2 is 2.15 bits per heavy atom. The lowest BCUT2D eigenvalue weighted by Gasteiger charge is -2.05. The van der Waals surface area contributed by atoms with Crippen LogP contribution in [-0.4, -0.2) is 30.4 Å². The predicted octanol–water partition coefficient (Wildman–Crippen LogP) is 2.62. The van der Waals surface area contributed by atoms with Gasteiger partial charge in [-0.05, 0) is 24.3 Å². The number of carbonyl (C=O) groups is 1. The second-order valence-corrected chi connectivity index (χ2v) is 4.11. The van der Waals surface area contributed by atoms with Crippen molar-refractivity contribution in [1.29, 1.82) is 0 Å². The molecule has 6 nitrogen and oxygen atoms in total. The lowest BCUT2D eigenvalue weighted by atomic mass is 10.0. The average molecular weight is 272 g/mol. The van der Waals surface area contributed by atoms with Crippen LogP contribution in [0.25, 0.3) is 22.2 Å². The minimum absolute atomic E-state index is 0.271. The number of rotatable bonds is 3. The molecule has 0 bridgehead atoms. The van der Waals surface area contributed by atoms with Gasteiger partial charge in [0.25, 0.3) is 0 Å². The maximum atomic E-state index is 11.8. The molecular formula is C14H12N2O4. The van der Waals surface area contributed by atoms with Gasteiger partial charge >= 0.3 is 5.97 Å². The highest BCUT2D eigenvalue weighted by molar-refractivity contribution is 6.09. The van der Waals surface area contributed by atoms with Gasteiger partial charge in [-0.1, -0.05) is 0 Å². The number of H-pyrrole nitrogens is 1. The van der Waals surface area contributed by atoms with Crippen molar-refractivity contribution in [2.24, 2.45) is 0 Å². The molecule has 0 unspecified atom stereocenters. The van der Waals surface area contributed by atoms with E-state index in [1.165, 1.54) is 7.11 Å². The van der Waals surface area contributed by atoms with E-state index in [9.17, 15) is 4.79 Å². The van der Waals surface area contributed by atoms with E-state index in [1.54, 1.807) is 25.5 Å². The highest BCUT2D eigenvalue weighted by Gasteiger charge is 2.21. The standard InChI is InChI=1S/C14H12N2O4/c1-18-10-6-5-8(9-4-3-7-20-9)11-12(10)15-16-13(11)14(17)19-2/h3-7H,1-2H3,(H,15,16). The molecule has 102 valence electrons. The quantitative estimate of drug-likeness (QED) is 0.741. The number of nitrogens with zero attached hydrogens (tertiary/aromatic N) is 1. The summed E-state index contributed by atoms with van der Waals surface area (Å²) in [4.78, 5) is 11.8. The Bertz CT molecular complexity index is 759. The molecule has 0 spiro atoms. The zero-order chi connectivity index (χ0) is 14.1. The number of nitrogens with one attached hydrogen (secondary N) is 1. The van der Waals surface area contributed by atoms with Crippen LogP contribution in [0.3, 0.4) is 0 Å². The van der Waals surface area contributed by atoms with E-state index in [1.807, 2.05) is 12.1 Å². The molecule has 3 rings (SSSR count). The van der Waals surface area contributed by atoms with Gasteiger partial charge in [-0.25, -0.2) is 4.79 Å². The topological polar surface area (TPSA) is 77.4 Å². The van der Waals surface area contributed by atoms with Crippen molar-refractivity contribution < 1.29 is 18.7 Å². The lowest BCUT2D eigenvalue weighted by molar-refractivity contribution is 0.0596. The lowest BCUT2D eigenvalue weighted by Crippen LogP contribution is -2.02. The van der Waals surface area contributed by atoms with Crippen molar-refractivity contribution in [3.05, 3.63) is 36.2 Å². The molecule has 1 aromatic carbocycles. The number of aromatic amines is 1. The van der Waals surface area contributed by atoms with Crippen LogP contribution in [0.4, 0.5) is 0 Å². The zero-order valence-corrected chi connectivity index (χ0v) is 11.0. The van der Waals surface area contributed by atoms with Crippen molar-refractivity contribution in [3.63, 3.8) is 0 Å². The number of aromatic nitrogens is 2. The summed E-state index contributed by atoms with van der Waals surface area (Å²) in [6, 6.07) is 7.20. The third-order valence-corrected chi connectivity index (χ3v) is 3.07. The summed E-state index contributed by atoms with van der Waals surface area (Å²) in [5, 5.41) is 7.45. The Morgan fingerprint density at radius 1 is 1.30 bits per heavy atom. The molecule has 20 heavy (non-hydrogen) atoms. The van der Waals surface area contributed by atoms with Crippen molar-refractivity contribution in [3.8, 4) is 17.1 Å². The van der Waals surface area contributed by atoms with Gasteiger partial charge in [0.1, 0.15) is 17.0 Å². The van der Waals surface area contributed by atoms with Crippen LogP contribution in [0.2, 0.25) is 0 Å². The van der Waals surface area contributed by atoms with Crippen LogP contribution >= 0.6 is 0 Å². The van der Waals surface area contributed by atoms with Crippen molar-refractivity contribution in [1.82, 2.24) is 10.2 Å². The molecule has 0 fully saturated rings. The Balaban J connectivity index is 2.35. The number of methoxy groups -OCH3 is 2. The van der Waals surface area contributed by atoms with Gasteiger partial charge in [0.2, 0.25) is 0 Å². The van der Waals surface area contributed by atoms with Crippen molar-refractivity contribution >= 4 is 16.9 Å². The predicted molar refractivity (Wildman–Crippen MR) is 71.7 cm³/mol. The van der Waals surface area contributed by atoms with Gasteiger partial charge in [0.15, 0.2) is 5.69 Å². The van der Waals surface area contributed by atoms with Crippen molar-refractivity contribution in [2.45, 2.75) is 0 Å². The van der Waals surface area contributed by atoms with Gasteiger partial charge in [-0.15, -0.1) is 0 Å². The molecule has 6 heteroatoms. The fourth-order valence-electron chi connectivity index (χ4n) is 2.16. The number of ether oxygens (including phenoxy) is 2. The van der Waals surface area contributed by atoms with Gasteiger partial charge < -0.3 is 13.9 Å². The molecule has 0 atom stereocenters. The molecule has 0 aliphatic carbocycles. The van der Waals surface area contributed by atoms with Crippen LogP contribution in [0.5, 0.6) is 5.75 Å². The number of hydrogen-bond acceptors (Lipinski definition) is 5. The molecule has 2 aromatic heterocycles. The summed E-state index contributed by atoms with van der Waals surface area (Å²) in [5.41, 5.74) is 1.58. The molecule has 1 N–H and O–H groups in total.